The third kappa shape index (κ3) is 4.66. The Labute approximate surface area is 213 Å². The summed E-state index contributed by atoms with van der Waals surface area (Å²) in [6.07, 6.45) is 3.39. The van der Waals surface area contributed by atoms with Crippen LogP contribution in [-0.2, 0) is 7.05 Å². The molecular formula is C26H18ClF2N5O3. The van der Waals surface area contributed by atoms with Crippen LogP contribution in [0.25, 0.3) is 16.7 Å². The predicted octanol–water partition coefficient (Wildman–Crippen LogP) is 5.40. The van der Waals surface area contributed by atoms with Gasteiger partial charge in [0.2, 0.25) is 0 Å². The number of rotatable bonds is 5. The minimum atomic E-state index is -0.700. The minimum Gasteiger partial charge on any atom is -0.453 e. The van der Waals surface area contributed by atoms with Crippen LogP contribution in [0.4, 0.5) is 14.5 Å². The third-order valence-electron chi connectivity index (χ3n) is 5.62. The van der Waals surface area contributed by atoms with Crippen LogP contribution in [-0.4, -0.2) is 25.2 Å². The van der Waals surface area contributed by atoms with Crippen LogP contribution in [0.1, 0.15) is 16.1 Å². The second kappa shape index (κ2) is 9.47. The first-order chi connectivity index (χ1) is 17.7. The first-order valence-corrected chi connectivity index (χ1v) is 11.3. The molecule has 11 heteroatoms. The van der Waals surface area contributed by atoms with E-state index in [1.54, 1.807) is 19.2 Å². The first-order valence-electron chi connectivity index (χ1n) is 11.0. The molecule has 0 aliphatic rings. The number of hydrogen-bond acceptors (Lipinski definition) is 5. The van der Waals surface area contributed by atoms with E-state index in [1.165, 1.54) is 30.3 Å². The van der Waals surface area contributed by atoms with E-state index in [0.717, 1.165) is 22.2 Å². The van der Waals surface area contributed by atoms with Crippen molar-refractivity contribution in [1.82, 2.24) is 19.3 Å². The summed E-state index contributed by atoms with van der Waals surface area (Å²) in [6, 6.07) is 12.3. The van der Waals surface area contributed by atoms with Crippen molar-refractivity contribution in [2.75, 3.05) is 5.32 Å². The van der Waals surface area contributed by atoms with Crippen LogP contribution in [0.2, 0.25) is 5.02 Å². The monoisotopic (exact) mass is 521 g/mol. The van der Waals surface area contributed by atoms with Gasteiger partial charge in [0.1, 0.15) is 17.2 Å². The van der Waals surface area contributed by atoms with E-state index in [4.69, 9.17) is 16.3 Å². The van der Waals surface area contributed by atoms with Crippen molar-refractivity contribution >= 4 is 34.2 Å². The highest BCUT2D eigenvalue weighted by molar-refractivity contribution is 6.30. The van der Waals surface area contributed by atoms with Crippen molar-refractivity contribution in [3.8, 4) is 17.2 Å². The number of ether oxygens (including phenoxy) is 1. The number of aromatic nitrogens is 4. The molecule has 3 heterocycles. The molecule has 186 valence electrons. The molecule has 0 saturated carbocycles. The lowest BCUT2D eigenvalue weighted by molar-refractivity contribution is 0.102. The van der Waals surface area contributed by atoms with Crippen molar-refractivity contribution < 1.29 is 18.3 Å². The largest absolute Gasteiger partial charge is 0.453 e. The molecule has 37 heavy (non-hydrogen) atoms. The van der Waals surface area contributed by atoms with Crippen molar-refractivity contribution in [2.24, 2.45) is 7.05 Å². The number of carbonyl (C=O) groups excluding carboxylic acids is 1. The summed E-state index contributed by atoms with van der Waals surface area (Å²) in [7, 11) is 1.84. The Morgan fingerprint density at radius 2 is 1.84 bits per heavy atom. The normalized spacial score (nSPS) is 11.1. The van der Waals surface area contributed by atoms with Crippen molar-refractivity contribution in [3.05, 3.63) is 105 Å². The summed E-state index contributed by atoms with van der Waals surface area (Å²) in [5, 5.41) is 7.22. The van der Waals surface area contributed by atoms with Crippen molar-refractivity contribution in [1.29, 1.82) is 0 Å². The van der Waals surface area contributed by atoms with Crippen LogP contribution < -0.4 is 15.6 Å². The smallest absolute Gasteiger partial charge is 0.276 e. The molecule has 5 rings (SSSR count). The Balaban J connectivity index is 1.39. The van der Waals surface area contributed by atoms with E-state index in [2.05, 4.69) is 15.4 Å². The average molecular weight is 522 g/mol. The zero-order valence-electron chi connectivity index (χ0n) is 19.5. The fraction of sp³-hybridized carbons (Fsp3) is 0.0769. The zero-order chi connectivity index (χ0) is 26.3. The number of aryl methyl sites for hydroxylation is 2. The van der Waals surface area contributed by atoms with Gasteiger partial charge in [-0.1, -0.05) is 11.6 Å². The Bertz CT molecular complexity index is 1750. The molecule has 0 fully saturated rings. The van der Waals surface area contributed by atoms with Gasteiger partial charge in [0.25, 0.3) is 11.5 Å². The molecule has 0 bridgehead atoms. The Kier molecular flexibility index (Phi) is 6.18. The topological polar surface area (TPSA) is 91.0 Å². The van der Waals surface area contributed by atoms with Gasteiger partial charge in [0.05, 0.1) is 16.1 Å². The maximum absolute atomic E-state index is 14.9. The number of nitrogens with one attached hydrogen (secondary N) is 1. The number of halogens is 3. The lowest BCUT2D eigenvalue weighted by Gasteiger charge is -2.12. The summed E-state index contributed by atoms with van der Waals surface area (Å²) >= 11 is 5.82. The van der Waals surface area contributed by atoms with Crippen LogP contribution in [0.3, 0.4) is 0 Å². The number of benzene rings is 2. The highest BCUT2D eigenvalue weighted by Crippen LogP contribution is 2.31. The number of amides is 1. The molecule has 3 aromatic heterocycles. The summed E-state index contributed by atoms with van der Waals surface area (Å²) in [4.78, 5) is 29.7. The fourth-order valence-electron chi connectivity index (χ4n) is 3.77. The number of anilines is 1. The first kappa shape index (κ1) is 24.1. The standard InChI is InChI=1S/C26H18ClF2N5O3/c1-14-11-23(35)34(16-4-5-19(28)18(27)13-16)32-24(14)26(36)31-15-3-6-22(20(29)12-15)37-21-7-9-30-25-17(21)8-10-33(25)2/h3-13H,1-2H3,(H,31,36). The van der Waals surface area contributed by atoms with Gasteiger partial charge in [0.15, 0.2) is 17.3 Å². The SMILES string of the molecule is Cc1cc(=O)n(-c2ccc(F)c(Cl)c2)nc1C(=O)Nc1ccc(Oc2ccnc3c2ccn3C)c(F)c1. The molecule has 2 aromatic carbocycles. The molecule has 5 aromatic rings. The minimum absolute atomic E-state index is 0.0367. The molecule has 0 aliphatic carbocycles. The Morgan fingerprint density at radius 1 is 1.03 bits per heavy atom. The van der Waals surface area contributed by atoms with Gasteiger partial charge >= 0.3 is 0 Å². The zero-order valence-corrected chi connectivity index (χ0v) is 20.3. The highest BCUT2D eigenvalue weighted by atomic mass is 35.5. The number of nitrogens with zero attached hydrogens (tertiary/aromatic N) is 4. The van der Waals surface area contributed by atoms with Crippen LogP contribution >= 0.6 is 11.6 Å². The van der Waals surface area contributed by atoms with Gasteiger partial charge in [0, 0.05) is 37.3 Å². The molecular weight excluding hydrogens is 504 g/mol. The van der Waals surface area contributed by atoms with E-state index in [-0.39, 0.29) is 27.8 Å². The second-order valence-corrected chi connectivity index (χ2v) is 8.61. The lowest BCUT2D eigenvalue weighted by Crippen LogP contribution is -2.26. The van der Waals surface area contributed by atoms with Crippen molar-refractivity contribution in [2.45, 2.75) is 6.92 Å². The van der Waals surface area contributed by atoms with E-state index < -0.39 is 23.1 Å². The van der Waals surface area contributed by atoms with Crippen molar-refractivity contribution in [3.63, 3.8) is 0 Å². The van der Waals surface area contributed by atoms with E-state index in [0.29, 0.717) is 17.0 Å². The molecule has 0 radical (unpaired) electrons. The molecule has 0 atom stereocenters. The number of fused-ring (bicyclic) bond motifs is 1. The predicted molar refractivity (Wildman–Crippen MR) is 135 cm³/mol. The van der Waals surface area contributed by atoms with E-state index in [9.17, 15) is 18.4 Å². The van der Waals surface area contributed by atoms with Gasteiger partial charge in [-0.2, -0.15) is 9.78 Å². The summed E-state index contributed by atoms with van der Waals surface area (Å²) in [5.41, 5.74) is 0.711. The maximum atomic E-state index is 14.9. The molecule has 1 N–H and O–H groups in total. The third-order valence-corrected chi connectivity index (χ3v) is 5.91. The van der Waals surface area contributed by atoms with Crippen LogP contribution in [0, 0.1) is 18.6 Å². The summed E-state index contributed by atoms with van der Waals surface area (Å²) < 4.78 is 36.9. The highest BCUT2D eigenvalue weighted by Gasteiger charge is 2.17. The Hall–Kier alpha value is -4.57. The van der Waals surface area contributed by atoms with Gasteiger partial charge < -0.3 is 14.6 Å². The van der Waals surface area contributed by atoms with Gasteiger partial charge in [-0.25, -0.2) is 13.8 Å². The van der Waals surface area contributed by atoms with Gasteiger partial charge in [-0.15, -0.1) is 0 Å². The molecule has 0 spiro atoms. The molecule has 0 aliphatic heterocycles. The van der Waals surface area contributed by atoms with E-state index >= 15 is 0 Å². The number of pyridine rings is 1. The second-order valence-electron chi connectivity index (χ2n) is 8.20. The number of carbonyl (C=O) groups is 1. The summed E-state index contributed by atoms with van der Waals surface area (Å²) in [5.74, 6) is -1.63. The van der Waals surface area contributed by atoms with Crippen LogP contribution in [0.15, 0.2) is 71.8 Å². The number of hydrogen-bond donors (Lipinski definition) is 1. The molecule has 1 amide bonds. The van der Waals surface area contributed by atoms with Gasteiger partial charge in [-0.3, -0.25) is 9.59 Å². The average Bonchev–Trinajstić information content (AvgIpc) is 3.24. The summed E-state index contributed by atoms with van der Waals surface area (Å²) in [6.45, 7) is 1.54. The quantitative estimate of drug-likeness (QED) is 0.334. The molecule has 0 unspecified atom stereocenters. The maximum Gasteiger partial charge on any atom is 0.276 e. The van der Waals surface area contributed by atoms with Gasteiger partial charge in [-0.05, 0) is 55.0 Å². The lowest BCUT2D eigenvalue weighted by atomic mass is 10.2. The van der Waals surface area contributed by atoms with Crippen LogP contribution in [0.5, 0.6) is 11.5 Å². The van der Waals surface area contributed by atoms with E-state index in [1.807, 2.05) is 23.9 Å². The fourth-order valence-corrected chi connectivity index (χ4v) is 3.94. The molecule has 8 nitrogen and oxygen atoms in total. The molecule has 0 saturated heterocycles. The Morgan fingerprint density at radius 3 is 2.59 bits per heavy atom.